The second kappa shape index (κ2) is 6.99. The van der Waals surface area contributed by atoms with Crippen molar-refractivity contribution in [3.63, 3.8) is 0 Å². The van der Waals surface area contributed by atoms with Crippen molar-refractivity contribution in [1.82, 2.24) is 0 Å². The largest absolute Gasteiger partial charge is 0.508 e. The van der Waals surface area contributed by atoms with Gasteiger partial charge >= 0.3 is 0 Å². The molecule has 3 aromatic rings. The van der Waals surface area contributed by atoms with E-state index in [0.29, 0.717) is 0 Å². The molecule has 25 heavy (non-hydrogen) atoms. The van der Waals surface area contributed by atoms with Crippen LogP contribution >= 0.6 is 0 Å². The first-order valence-corrected chi connectivity index (χ1v) is 9.31. The maximum Gasteiger partial charge on any atom is 0.206 e. The minimum absolute atomic E-state index is 0.0289. The van der Waals surface area contributed by atoms with E-state index in [4.69, 9.17) is 4.74 Å². The lowest BCUT2D eigenvalue weighted by Gasteiger charge is -2.15. The lowest BCUT2D eigenvalue weighted by molar-refractivity contribution is 0.227. The summed E-state index contributed by atoms with van der Waals surface area (Å²) in [4.78, 5) is 0.348. The van der Waals surface area contributed by atoms with Crippen molar-refractivity contribution >= 4 is 9.84 Å². The zero-order valence-electron chi connectivity index (χ0n) is 13.7. The number of phenolic OH excluding ortho intramolecular Hbond substituents is 1. The van der Waals surface area contributed by atoms with Crippen LogP contribution in [-0.4, -0.2) is 13.5 Å². The molecular weight excluding hydrogens is 336 g/mol. The maximum absolute atomic E-state index is 12.6. The Hall–Kier alpha value is -2.79. The highest BCUT2D eigenvalue weighted by atomic mass is 32.2. The SMILES string of the molecule is CC(Oc1ccccc1)c1ccc(S(=O)(=O)c2ccc(O)cc2)cc1. The lowest BCUT2D eigenvalue weighted by atomic mass is 10.1. The van der Waals surface area contributed by atoms with Gasteiger partial charge in [-0.2, -0.15) is 0 Å². The summed E-state index contributed by atoms with van der Waals surface area (Å²) in [6.07, 6.45) is -0.201. The van der Waals surface area contributed by atoms with Crippen LogP contribution in [0.4, 0.5) is 0 Å². The Morgan fingerprint density at radius 2 is 1.32 bits per heavy atom. The molecule has 128 valence electrons. The van der Waals surface area contributed by atoms with Gasteiger partial charge in [0.2, 0.25) is 9.84 Å². The third kappa shape index (κ3) is 3.83. The van der Waals surface area contributed by atoms with Crippen LogP contribution in [0.15, 0.2) is 88.7 Å². The highest BCUT2D eigenvalue weighted by molar-refractivity contribution is 7.91. The molecule has 0 aliphatic heterocycles. The van der Waals surface area contributed by atoms with E-state index in [0.717, 1.165) is 11.3 Å². The topological polar surface area (TPSA) is 63.6 Å². The molecule has 1 atom stereocenters. The molecule has 0 aliphatic rings. The number of hydrogen-bond acceptors (Lipinski definition) is 4. The summed E-state index contributed by atoms with van der Waals surface area (Å²) in [6.45, 7) is 1.91. The predicted octanol–water partition coefficient (Wildman–Crippen LogP) is 4.37. The number of phenols is 1. The van der Waals surface area contributed by atoms with Gasteiger partial charge in [-0.25, -0.2) is 8.42 Å². The van der Waals surface area contributed by atoms with E-state index in [1.807, 2.05) is 37.3 Å². The fourth-order valence-electron chi connectivity index (χ4n) is 2.45. The third-order valence-electron chi connectivity index (χ3n) is 3.86. The molecule has 5 heteroatoms. The molecule has 0 spiro atoms. The number of ether oxygens (including phenoxy) is 1. The van der Waals surface area contributed by atoms with Crippen molar-refractivity contribution in [2.75, 3.05) is 0 Å². The van der Waals surface area contributed by atoms with E-state index in [1.165, 1.54) is 24.3 Å². The second-order valence-electron chi connectivity index (χ2n) is 5.64. The average molecular weight is 354 g/mol. The minimum Gasteiger partial charge on any atom is -0.508 e. The molecule has 0 fully saturated rings. The van der Waals surface area contributed by atoms with Crippen molar-refractivity contribution in [3.05, 3.63) is 84.4 Å². The lowest BCUT2D eigenvalue weighted by Crippen LogP contribution is -2.05. The zero-order chi connectivity index (χ0) is 17.9. The fraction of sp³-hybridized carbons (Fsp3) is 0.100. The van der Waals surface area contributed by atoms with Crippen molar-refractivity contribution in [2.45, 2.75) is 22.8 Å². The highest BCUT2D eigenvalue weighted by Gasteiger charge is 2.18. The first-order chi connectivity index (χ1) is 12.0. The van der Waals surface area contributed by atoms with Crippen LogP contribution in [0, 0.1) is 0 Å². The van der Waals surface area contributed by atoms with Gasteiger partial charge in [-0.3, -0.25) is 0 Å². The number of hydrogen-bond donors (Lipinski definition) is 1. The van der Waals surface area contributed by atoms with E-state index in [1.54, 1.807) is 24.3 Å². The van der Waals surface area contributed by atoms with Crippen molar-refractivity contribution < 1.29 is 18.3 Å². The van der Waals surface area contributed by atoms with Crippen LogP contribution in [0.5, 0.6) is 11.5 Å². The molecule has 0 saturated heterocycles. The molecule has 3 rings (SSSR count). The van der Waals surface area contributed by atoms with E-state index in [-0.39, 0.29) is 21.6 Å². The van der Waals surface area contributed by atoms with E-state index in [2.05, 4.69) is 0 Å². The van der Waals surface area contributed by atoms with E-state index in [9.17, 15) is 13.5 Å². The number of benzene rings is 3. The quantitative estimate of drug-likeness (QED) is 0.739. The molecule has 0 amide bonds. The predicted molar refractivity (Wildman–Crippen MR) is 95.5 cm³/mol. The van der Waals surface area contributed by atoms with Crippen LogP contribution in [0.25, 0.3) is 0 Å². The number of para-hydroxylation sites is 1. The summed E-state index contributed by atoms with van der Waals surface area (Å²) < 4.78 is 31.1. The molecule has 0 aromatic heterocycles. The second-order valence-corrected chi connectivity index (χ2v) is 7.59. The Morgan fingerprint density at radius 1 is 0.800 bits per heavy atom. The number of rotatable bonds is 5. The molecular formula is C20H18O4S. The number of aromatic hydroxyl groups is 1. The van der Waals surface area contributed by atoms with Gasteiger partial charge in [-0.15, -0.1) is 0 Å². The van der Waals surface area contributed by atoms with Crippen molar-refractivity contribution in [1.29, 1.82) is 0 Å². The summed E-state index contributed by atoms with van der Waals surface area (Å²) in [5.41, 5.74) is 0.883. The van der Waals surface area contributed by atoms with E-state index >= 15 is 0 Å². The molecule has 0 radical (unpaired) electrons. The van der Waals surface area contributed by atoms with Gasteiger partial charge in [0.05, 0.1) is 9.79 Å². The zero-order valence-corrected chi connectivity index (χ0v) is 14.5. The molecule has 0 bridgehead atoms. The summed E-state index contributed by atoms with van der Waals surface area (Å²) in [5.74, 6) is 0.789. The van der Waals surface area contributed by atoms with Gasteiger partial charge in [0.25, 0.3) is 0 Å². The normalized spacial score (nSPS) is 12.5. The molecule has 1 N–H and O–H groups in total. The van der Waals surface area contributed by atoms with Crippen molar-refractivity contribution in [3.8, 4) is 11.5 Å². The first kappa shape index (κ1) is 17.0. The third-order valence-corrected chi connectivity index (χ3v) is 5.65. The minimum atomic E-state index is -3.61. The molecule has 1 unspecified atom stereocenters. The molecule has 0 aliphatic carbocycles. The van der Waals surface area contributed by atoms with Crippen LogP contribution in [0.3, 0.4) is 0 Å². The Labute approximate surface area is 147 Å². The fourth-order valence-corrected chi connectivity index (χ4v) is 3.71. The maximum atomic E-state index is 12.6. The number of sulfone groups is 1. The van der Waals surface area contributed by atoms with Gasteiger partial charge in [0.15, 0.2) is 0 Å². The summed E-state index contributed by atoms with van der Waals surface area (Å²) >= 11 is 0. The molecule has 3 aromatic carbocycles. The summed E-state index contributed by atoms with van der Waals surface area (Å²) in [7, 11) is -3.61. The van der Waals surface area contributed by atoms with Gasteiger partial charge in [0, 0.05) is 0 Å². The Morgan fingerprint density at radius 3 is 1.88 bits per heavy atom. The Balaban J connectivity index is 1.81. The van der Waals surface area contributed by atoms with Gasteiger partial charge < -0.3 is 9.84 Å². The van der Waals surface area contributed by atoms with Gasteiger partial charge in [0.1, 0.15) is 17.6 Å². The van der Waals surface area contributed by atoms with Gasteiger partial charge in [-0.05, 0) is 61.0 Å². The summed E-state index contributed by atoms with van der Waals surface area (Å²) in [5, 5.41) is 9.30. The summed E-state index contributed by atoms with van der Waals surface area (Å²) in [6, 6.07) is 21.6. The first-order valence-electron chi connectivity index (χ1n) is 7.82. The highest BCUT2D eigenvalue weighted by Crippen LogP contribution is 2.26. The monoisotopic (exact) mass is 354 g/mol. The smallest absolute Gasteiger partial charge is 0.206 e. The Bertz CT molecular complexity index is 931. The van der Waals surface area contributed by atoms with Crippen molar-refractivity contribution in [2.24, 2.45) is 0 Å². The Kier molecular flexibility index (Phi) is 4.76. The standard InChI is InChI=1S/C20H18O4S/c1-15(24-18-5-3-2-4-6-18)16-7-11-19(12-8-16)25(22,23)20-13-9-17(21)10-14-20/h2-15,21H,1H3. The van der Waals surface area contributed by atoms with Crippen LogP contribution < -0.4 is 4.74 Å². The molecule has 0 heterocycles. The van der Waals surface area contributed by atoms with Crippen LogP contribution in [-0.2, 0) is 9.84 Å². The van der Waals surface area contributed by atoms with E-state index < -0.39 is 9.84 Å². The molecule has 0 saturated carbocycles. The van der Waals surface area contributed by atoms with Crippen LogP contribution in [0.2, 0.25) is 0 Å². The average Bonchev–Trinajstić information content (AvgIpc) is 2.63. The van der Waals surface area contributed by atoms with Crippen LogP contribution in [0.1, 0.15) is 18.6 Å². The molecule has 4 nitrogen and oxygen atoms in total. The van der Waals surface area contributed by atoms with Gasteiger partial charge in [-0.1, -0.05) is 30.3 Å².